The molecule has 0 saturated carbocycles. The van der Waals surface area contributed by atoms with Crippen LogP contribution in [0.5, 0.6) is 0 Å². The van der Waals surface area contributed by atoms with Crippen LogP contribution in [0.15, 0.2) is 33.7 Å². The highest BCUT2D eigenvalue weighted by atomic mass is 16.4. The van der Waals surface area contributed by atoms with Crippen molar-refractivity contribution in [2.75, 3.05) is 0 Å². The molecule has 3 heterocycles. The number of aryl methyl sites for hydroxylation is 2. The topological polar surface area (TPSA) is 89.7 Å². The normalized spacial score (nSPS) is 11.1. The van der Waals surface area contributed by atoms with Crippen LogP contribution in [0.25, 0.3) is 5.52 Å². The van der Waals surface area contributed by atoms with Crippen LogP contribution in [-0.4, -0.2) is 25.3 Å². The highest BCUT2D eigenvalue weighted by molar-refractivity contribution is 5.86. The second kappa shape index (κ2) is 4.62. The second-order valence-corrected chi connectivity index (χ2v) is 4.88. The molecule has 21 heavy (non-hydrogen) atoms. The first-order valence-corrected chi connectivity index (χ1v) is 6.34. The first-order chi connectivity index (χ1) is 9.95. The predicted octanol–water partition coefficient (Wildman–Crippen LogP) is 1.45. The lowest BCUT2D eigenvalue weighted by Gasteiger charge is -2.03. The Kier molecular flexibility index (Phi) is 2.90. The Morgan fingerprint density at radius 2 is 2.10 bits per heavy atom. The van der Waals surface area contributed by atoms with Crippen molar-refractivity contribution in [3.63, 3.8) is 0 Å². The fourth-order valence-electron chi connectivity index (χ4n) is 2.28. The van der Waals surface area contributed by atoms with E-state index in [0.29, 0.717) is 16.8 Å². The SMILES string of the molecule is Cc1cc2c(=O)n(Cc3cc(C)c(C(=O)O)o3)ccn2n1. The summed E-state index contributed by atoms with van der Waals surface area (Å²) in [4.78, 5) is 23.3. The summed E-state index contributed by atoms with van der Waals surface area (Å²) < 4.78 is 8.25. The van der Waals surface area contributed by atoms with Crippen LogP contribution in [0.1, 0.15) is 27.6 Å². The molecule has 0 spiro atoms. The molecule has 0 atom stereocenters. The molecule has 3 rings (SSSR count). The van der Waals surface area contributed by atoms with Gasteiger partial charge in [-0.05, 0) is 26.0 Å². The Morgan fingerprint density at radius 1 is 1.33 bits per heavy atom. The number of hydrogen-bond acceptors (Lipinski definition) is 4. The number of fused-ring (bicyclic) bond motifs is 1. The number of hydrogen-bond donors (Lipinski definition) is 1. The van der Waals surface area contributed by atoms with E-state index in [-0.39, 0.29) is 17.9 Å². The molecule has 0 amide bonds. The van der Waals surface area contributed by atoms with Crippen LogP contribution in [-0.2, 0) is 6.54 Å². The van der Waals surface area contributed by atoms with Crippen molar-refractivity contribution in [3.8, 4) is 0 Å². The van der Waals surface area contributed by atoms with Crippen molar-refractivity contribution in [2.24, 2.45) is 0 Å². The molecule has 0 aliphatic carbocycles. The van der Waals surface area contributed by atoms with E-state index in [0.717, 1.165) is 5.69 Å². The molecule has 0 aromatic carbocycles. The molecule has 108 valence electrons. The third-order valence-electron chi connectivity index (χ3n) is 3.21. The molecular weight excluding hydrogens is 274 g/mol. The minimum Gasteiger partial charge on any atom is -0.475 e. The van der Waals surface area contributed by atoms with E-state index in [4.69, 9.17) is 9.52 Å². The lowest BCUT2D eigenvalue weighted by molar-refractivity contribution is 0.0659. The Balaban J connectivity index is 2.02. The molecule has 0 radical (unpaired) electrons. The van der Waals surface area contributed by atoms with E-state index >= 15 is 0 Å². The van der Waals surface area contributed by atoms with Gasteiger partial charge in [-0.3, -0.25) is 4.79 Å². The lowest BCUT2D eigenvalue weighted by atomic mass is 10.2. The Morgan fingerprint density at radius 3 is 2.76 bits per heavy atom. The maximum Gasteiger partial charge on any atom is 0.372 e. The van der Waals surface area contributed by atoms with Crippen LogP contribution < -0.4 is 5.56 Å². The Hall–Kier alpha value is -2.83. The van der Waals surface area contributed by atoms with E-state index < -0.39 is 5.97 Å². The van der Waals surface area contributed by atoms with Crippen LogP contribution in [0.3, 0.4) is 0 Å². The second-order valence-electron chi connectivity index (χ2n) is 4.88. The van der Waals surface area contributed by atoms with Crippen molar-refractivity contribution >= 4 is 11.5 Å². The zero-order valence-electron chi connectivity index (χ0n) is 11.5. The summed E-state index contributed by atoms with van der Waals surface area (Å²) in [6, 6.07) is 3.33. The van der Waals surface area contributed by atoms with Crippen molar-refractivity contribution in [3.05, 3.63) is 57.7 Å². The minimum atomic E-state index is -1.12. The Bertz CT molecular complexity index is 901. The summed E-state index contributed by atoms with van der Waals surface area (Å²) in [7, 11) is 0. The summed E-state index contributed by atoms with van der Waals surface area (Å²) in [6.45, 7) is 3.64. The van der Waals surface area contributed by atoms with E-state index in [1.54, 1.807) is 31.5 Å². The van der Waals surface area contributed by atoms with Gasteiger partial charge >= 0.3 is 5.97 Å². The first-order valence-electron chi connectivity index (χ1n) is 6.34. The lowest BCUT2D eigenvalue weighted by Crippen LogP contribution is -2.21. The zero-order valence-corrected chi connectivity index (χ0v) is 11.5. The zero-order chi connectivity index (χ0) is 15.1. The Labute approximate surface area is 119 Å². The molecule has 0 saturated heterocycles. The molecular formula is C14H13N3O4. The van der Waals surface area contributed by atoms with Gasteiger partial charge in [0.05, 0.1) is 12.2 Å². The van der Waals surface area contributed by atoms with Crippen LogP contribution >= 0.6 is 0 Å². The number of furan rings is 1. The summed E-state index contributed by atoms with van der Waals surface area (Å²) >= 11 is 0. The third-order valence-corrected chi connectivity index (χ3v) is 3.21. The minimum absolute atomic E-state index is 0.0978. The molecule has 0 aliphatic rings. The molecule has 7 heteroatoms. The molecule has 7 nitrogen and oxygen atoms in total. The monoisotopic (exact) mass is 287 g/mol. The van der Waals surface area contributed by atoms with E-state index in [1.165, 1.54) is 9.08 Å². The van der Waals surface area contributed by atoms with Gasteiger partial charge in [0.25, 0.3) is 5.56 Å². The van der Waals surface area contributed by atoms with Crippen LogP contribution in [0.2, 0.25) is 0 Å². The van der Waals surface area contributed by atoms with Gasteiger partial charge in [0.2, 0.25) is 5.76 Å². The molecule has 1 N–H and O–H groups in total. The molecule has 0 bridgehead atoms. The number of carboxylic acid groups (broad SMARTS) is 1. The molecule has 0 unspecified atom stereocenters. The quantitative estimate of drug-likeness (QED) is 0.787. The maximum absolute atomic E-state index is 12.3. The van der Waals surface area contributed by atoms with Gasteiger partial charge < -0.3 is 14.1 Å². The van der Waals surface area contributed by atoms with Crippen molar-refractivity contribution in [1.29, 1.82) is 0 Å². The largest absolute Gasteiger partial charge is 0.475 e. The van der Waals surface area contributed by atoms with Gasteiger partial charge in [-0.2, -0.15) is 5.10 Å². The van der Waals surface area contributed by atoms with Crippen molar-refractivity contribution in [1.82, 2.24) is 14.2 Å². The van der Waals surface area contributed by atoms with Gasteiger partial charge in [0.1, 0.15) is 11.3 Å². The van der Waals surface area contributed by atoms with Crippen LogP contribution in [0, 0.1) is 13.8 Å². The maximum atomic E-state index is 12.3. The standard InChI is InChI=1S/C14H13N3O4/c1-8-5-10(21-12(8)14(19)20)7-16-3-4-17-11(13(16)18)6-9(2)15-17/h3-6H,7H2,1-2H3,(H,19,20). The number of aromatic nitrogens is 3. The first kappa shape index (κ1) is 13.2. The summed E-state index contributed by atoms with van der Waals surface area (Å²) in [5.74, 6) is -0.792. The predicted molar refractivity (Wildman–Crippen MR) is 73.7 cm³/mol. The molecule has 0 fully saturated rings. The average Bonchev–Trinajstić information content (AvgIpc) is 2.96. The summed E-state index contributed by atoms with van der Waals surface area (Å²) in [5, 5.41) is 13.1. The number of rotatable bonds is 3. The summed E-state index contributed by atoms with van der Waals surface area (Å²) in [6.07, 6.45) is 3.28. The fourth-order valence-corrected chi connectivity index (χ4v) is 2.28. The van der Waals surface area contributed by atoms with Gasteiger partial charge in [-0.25, -0.2) is 9.31 Å². The molecule has 3 aromatic rings. The molecule has 3 aromatic heterocycles. The number of carbonyl (C=O) groups is 1. The highest BCUT2D eigenvalue weighted by Gasteiger charge is 2.15. The highest BCUT2D eigenvalue weighted by Crippen LogP contribution is 2.15. The smallest absolute Gasteiger partial charge is 0.372 e. The molecule has 0 aliphatic heterocycles. The van der Waals surface area contributed by atoms with E-state index in [2.05, 4.69) is 5.10 Å². The van der Waals surface area contributed by atoms with E-state index in [1.807, 2.05) is 6.92 Å². The van der Waals surface area contributed by atoms with E-state index in [9.17, 15) is 9.59 Å². The third kappa shape index (κ3) is 2.22. The number of nitrogens with zero attached hydrogens (tertiary/aromatic N) is 3. The van der Waals surface area contributed by atoms with Crippen molar-refractivity contribution < 1.29 is 14.3 Å². The van der Waals surface area contributed by atoms with Gasteiger partial charge in [0, 0.05) is 18.0 Å². The van der Waals surface area contributed by atoms with Crippen LogP contribution in [0.4, 0.5) is 0 Å². The van der Waals surface area contributed by atoms with Gasteiger partial charge in [-0.15, -0.1) is 0 Å². The average molecular weight is 287 g/mol. The summed E-state index contributed by atoms with van der Waals surface area (Å²) in [5.41, 5.74) is 1.56. The van der Waals surface area contributed by atoms with Gasteiger partial charge in [-0.1, -0.05) is 0 Å². The van der Waals surface area contributed by atoms with Gasteiger partial charge in [0.15, 0.2) is 0 Å². The fraction of sp³-hybridized carbons (Fsp3) is 0.214. The number of carboxylic acids is 1. The van der Waals surface area contributed by atoms with Crippen molar-refractivity contribution in [2.45, 2.75) is 20.4 Å². The number of aromatic carboxylic acids is 1.